The maximum Gasteiger partial charge on any atom is 0.303 e. The summed E-state index contributed by atoms with van der Waals surface area (Å²) in [5.41, 5.74) is 8.24. The van der Waals surface area contributed by atoms with Crippen molar-refractivity contribution >= 4 is 71.3 Å². The average molecular weight is 1300 g/mol. The van der Waals surface area contributed by atoms with Gasteiger partial charge < -0.3 is 61.9 Å². The minimum atomic E-state index is -1.98. The number of esters is 6. The number of aliphatic hydroxyl groups is 1. The van der Waals surface area contributed by atoms with E-state index in [1.165, 1.54) is 60.7 Å². The molecule has 3 saturated heterocycles. The molecule has 6 heterocycles. The third kappa shape index (κ3) is 15.4. The van der Waals surface area contributed by atoms with Gasteiger partial charge in [0.05, 0.1) is 53.2 Å². The van der Waals surface area contributed by atoms with E-state index in [2.05, 4.69) is 23.2 Å². The van der Waals surface area contributed by atoms with Crippen LogP contribution in [0.2, 0.25) is 0 Å². The van der Waals surface area contributed by atoms with Gasteiger partial charge in [-0.2, -0.15) is 0 Å². The second-order valence-corrected chi connectivity index (χ2v) is 22.5. The lowest BCUT2D eigenvalue weighted by molar-refractivity contribution is -0.322. The van der Waals surface area contributed by atoms with Gasteiger partial charge in [-0.15, -0.1) is 0 Å². The van der Waals surface area contributed by atoms with E-state index in [-0.39, 0.29) is 40.0 Å². The van der Waals surface area contributed by atoms with Crippen molar-refractivity contribution in [2.24, 2.45) is 0 Å². The number of benzene rings is 3. The van der Waals surface area contributed by atoms with Crippen LogP contribution in [-0.4, -0.2) is 210 Å². The molecule has 15 atom stereocenters. The van der Waals surface area contributed by atoms with E-state index in [1.807, 2.05) is 0 Å². The molecule has 4 N–H and O–H groups in total. The molecule has 3 fully saturated rings. The summed E-state index contributed by atoms with van der Waals surface area (Å²) in [7, 11) is 0. The lowest BCUT2D eigenvalue weighted by Crippen LogP contribution is -2.71. The van der Waals surface area contributed by atoms with Crippen molar-refractivity contribution in [3.63, 3.8) is 0 Å². The number of hydrazine groups is 3. The number of hydrogen-bond donors (Lipinski definition) is 4. The van der Waals surface area contributed by atoms with Gasteiger partial charge in [-0.1, -0.05) is 75.4 Å². The van der Waals surface area contributed by atoms with E-state index < -0.39 is 183 Å². The Morgan fingerprint density at radius 2 is 0.645 bits per heavy atom. The van der Waals surface area contributed by atoms with Crippen molar-refractivity contribution in [3.05, 3.63) is 106 Å². The van der Waals surface area contributed by atoms with Crippen LogP contribution in [0.1, 0.15) is 149 Å². The number of rotatable bonds is 27. The van der Waals surface area contributed by atoms with Gasteiger partial charge >= 0.3 is 35.8 Å². The Kier molecular flexibility index (Phi) is 22.6. The molecule has 6 amide bonds. The molecule has 6 aliphatic rings. The Labute approximate surface area is 532 Å². The zero-order chi connectivity index (χ0) is 66.9. The first kappa shape index (κ1) is 68.9. The first-order chi connectivity index (χ1) is 44.5. The van der Waals surface area contributed by atoms with Gasteiger partial charge in [0.25, 0.3) is 35.4 Å². The summed E-state index contributed by atoms with van der Waals surface area (Å²) in [6.45, 7) is 5.55. The first-order valence-corrected chi connectivity index (χ1v) is 30.2. The number of amides is 6. The van der Waals surface area contributed by atoms with Crippen molar-refractivity contribution in [2.45, 2.75) is 179 Å². The molecule has 0 unspecified atom stereocenters. The number of carbonyl (C=O) groups excluding carboxylic acids is 12. The van der Waals surface area contributed by atoms with E-state index >= 15 is 0 Å². The van der Waals surface area contributed by atoms with E-state index in [1.54, 1.807) is 12.1 Å². The summed E-state index contributed by atoms with van der Waals surface area (Å²) in [6, 6.07) is 12.5. The Morgan fingerprint density at radius 1 is 0.387 bits per heavy atom. The van der Waals surface area contributed by atoms with Gasteiger partial charge in [0.2, 0.25) is 0 Å². The number of fused-ring (bicyclic) bond motifs is 3. The Hall–Kier alpha value is -8.50. The number of unbranched alkanes of at least 4 members (excludes halogenated alkanes) is 5. The molecule has 500 valence electrons. The van der Waals surface area contributed by atoms with Crippen LogP contribution in [0.4, 0.5) is 0 Å². The quantitative estimate of drug-likeness (QED) is 0.0365. The minimum Gasteiger partial charge on any atom is -0.457 e. The predicted octanol–water partition coefficient (Wildman–Crippen LogP) is 1.66. The SMILES string of the molecule is CCCCCCCCO[C@@H]1O[C@H](CO[C@@H]2O[C@H](CO[C@@H]3O[C@H](CO)[C@@H](OC(C)=O)[C@H](OC(C)=O)[C@H]3NN3C(=O)c4ccccc4C3=O)[C@@H](OC(C)=O)[C@H](OC(C)=O)[C@H]2NN2C(=O)c3ccccc3C2=O)[C@@H](OC(C)=O)[C@H](OC(C)=O)[C@H]1NN1C(=O)c2ccccc2C1=O. The molecular formula is C62H72N6O25. The van der Waals surface area contributed by atoms with Gasteiger partial charge in [0, 0.05) is 48.1 Å². The third-order valence-electron chi connectivity index (χ3n) is 15.8. The molecule has 6 aliphatic heterocycles. The predicted molar refractivity (Wildman–Crippen MR) is 309 cm³/mol. The molecule has 31 heteroatoms. The minimum absolute atomic E-state index is 0.00144. The molecule has 0 radical (unpaired) electrons. The molecule has 0 bridgehead atoms. The Morgan fingerprint density at radius 3 is 0.935 bits per heavy atom. The van der Waals surface area contributed by atoms with Crippen LogP contribution in [-0.2, 0) is 85.6 Å². The fourth-order valence-electron chi connectivity index (χ4n) is 11.8. The summed E-state index contributed by atoms with van der Waals surface area (Å²) in [6.07, 6.45) is -15.9. The Bertz CT molecular complexity index is 3260. The highest BCUT2D eigenvalue weighted by atomic mass is 16.8. The average Bonchev–Trinajstić information content (AvgIpc) is 1.76. The number of nitrogens with one attached hydrogen (secondary N) is 3. The smallest absolute Gasteiger partial charge is 0.303 e. The second kappa shape index (κ2) is 30.5. The summed E-state index contributed by atoms with van der Waals surface area (Å²) in [4.78, 5) is 163. The topological polar surface area (TPSA) is 382 Å². The zero-order valence-corrected chi connectivity index (χ0v) is 51.7. The maximum atomic E-state index is 14.2. The molecule has 31 nitrogen and oxygen atoms in total. The molecule has 0 aliphatic carbocycles. The molecule has 3 aromatic rings. The van der Waals surface area contributed by atoms with Gasteiger partial charge in [-0.05, 0) is 42.8 Å². The molecule has 0 spiro atoms. The van der Waals surface area contributed by atoms with Crippen LogP contribution in [0.5, 0.6) is 0 Å². The molecule has 0 saturated carbocycles. The number of aliphatic hydroxyl groups excluding tert-OH is 1. The van der Waals surface area contributed by atoms with Crippen LogP contribution >= 0.6 is 0 Å². The number of nitrogens with zero attached hydrogens (tertiary/aromatic N) is 3. The summed E-state index contributed by atoms with van der Waals surface area (Å²) in [5.74, 6) is -11.0. The lowest BCUT2D eigenvalue weighted by atomic mass is 9.95. The van der Waals surface area contributed by atoms with Crippen molar-refractivity contribution in [3.8, 4) is 0 Å². The maximum absolute atomic E-state index is 14.2. The van der Waals surface area contributed by atoms with Crippen molar-refractivity contribution < 1.29 is 119 Å². The van der Waals surface area contributed by atoms with E-state index in [9.17, 15) is 62.6 Å². The molecule has 3 aromatic carbocycles. The molecule has 93 heavy (non-hydrogen) atoms. The van der Waals surface area contributed by atoms with Crippen LogP contribution in [0.15, 0.2) is 72.8 Å². The fourth-order valence-corrected chi connectivity index (χ4v) is 11.8. The van der Waals surface area contributed by atoms with Crippen LogP contribution in [0.25, 0.3) is 0 Å². The summed E-state index contributed by atoms with van der Waals surface area (Å²) in [5, 5.41) is 12.6. The Balaban J connectivity index is 1.09. The number of ether oxygens (including phenoxy) is 12. The normalized spacial score (nSPS) is 28.1. The van der Waals surface area contributed by atoms with Gasteiger partial charge in [0.15, 0.2) is 55.5 Å². The standard InChI is InChI=1S/C62H72N6O25/c1-8-9-10-11-12-19-26-82-60-45(63-66-54(76)36-20-13-14-21-37(36)55(66)77)52(89-34(6)74)49(86-31(3)71)43(92-60)28-84-62-47(65-68-58(80)40-24-17-18-25-41(40)59(68)81)53(90-35(7)75)50(87-32(4)72)44(93-62)29-83-61-46(64-67-56(78)38-22-15-16-23-39(38)57(67)79)51(88-33(5)73)48(85-30(2)70)42(27-69)91-61/h13-18,20-25,42-53,60-65,69H,8-12,19,26-29H2,1-7H3/t42-,43-,44-,45-,46-,47-,48-,49-,50-,51-,52-,53-,60-,61-,62-/m1/s1. The van der Waals surface area contributed by atoms with Crippen LogP contribution < -0.4 is 16.3 Å². The molecular weight excluding hydrogens is 1230 g/mol. The summed E-state index contributed by atoms with van der Waals surface area (Å²) < 4.78 is 73.7. The third-order valence-corrected chi connectivity index (χ3v) is 15.8. The lowest BCUT2D eigenvalue weighted by Gasteiger charge is -2.48. The monoisotopic (exact) mass is 1300 g/mol. The number of hydrogen-bond acceptors (Lipinski definition) is 28. The van der Waals surface area contributed by atoms with E-state index in [0.717, 1.165) is 67.2 Å². The van der Waals surface area contributed by atoms with Crippen LogP contribution in [0.3, 0.4) is 0 Å². The van der Waals surface area contributed by atoms with Crippen LogP contribution in [0, 0.1) is 0 Å². The molecule has 0 aromatic heterocycles. The first-order valence-electron chi connectivity index (χ1n) is 30.2. The van der Waals surface area contributed by atoms with E-state index in [0.29, 0.717) is 27.9 Å². The van der Waals surface area contributed by atoms with Crippen molar-refractivity contribution in [2.75, 3.05) is 26.4 Å². The van der Waals surface area contributed by atoms with Gasteiger partial charge in [-0.3, -0.25) is 57.5 Å². The van der Waals surface area contributed by atoms with Gasteiger partial charge in [0.1, 0.15) is 36.4 Å². The van der Waals surface area contributed by atoms with E-state index in [4.69, 9.17) is 56.8 Å². The van der Waals surface area contributed by atoms with Crippen molar-refractivity contribution in [1.82, 2.24) is 31.3 Å². The second-order valence-electron chi connectivity index (χ2n) is 22.5. The number of carbonyl (C=O) groups is 12. The highest BCUT2D eigenvalue weighted by Crippen LogP contribution is 2.36. The largest absolute Gasteiger partial charge is 0.457 e. The fraction of sp³-hybridized carbons (Fsp3) is 0.516. The number of imide groups is 3. The highest BCUT2D eigenvalue weighted by Gasteiger charge is 2.58. The zero-order valence-electron chi connectivity index (χ0n) is 51.7. The van der Waals surface area contributed by atoms with Crippen molar-refractivity contribution in [1.29, 1.82) is 0 Å². The highest BCUT2D eigenvalue weighted by molar-refractivity contribution is 6.22. The summed E-state index contributed by atoms with van der Waals surface area (Å²) >= 11 is 0. The van der Waals surface area contributed by atoms with Gasteiger partial charge in [-0.25, -0.2) is 31.3 Å². The molecule has 9 rings (SSSR count).